The van der Waals surface area contributed by atoms with Crippen molar-refractivity contribution in [2.45, 2.75) is 19.8 Å². The fourth-order valence-corrected chi connectivity index (χ4v) is 1.18. The highest BCUT2D eigenvalue weighted by Gasteiger charge is 2.60. The average Bonchev–Trinajstić information content (AvgIpc) is 1.95. The van der Waals surface area contributed by atoms with Gasteiger partial charge in [0.15, 0.2) is 0 Å². The van der Waals surface area contributed by atoms with E-state index in [-0.39, 0.29) is 19.1 Å². The normalized spacial score (nSPS) is 17.2. The Hall–Kier alpha value is -0.790. The molecule has 0 aliphatic heterocycles. The summed E-state index contributed by atoms with van der Waals surface area (Å²) in [6.07, 6.45) is -0.541. The zero-order chi connectivity index (χ0) is 12.2. The van der Waals surface area contributed by atoms with Gasteiger partial charge in [-0.2, -0.15) is 0 Å². The Balaban J connectivity index is 4.09. The van der Waals surface area contributed by atoms with E-state index in [1.54, 1.807) is 0 Å². The second-order valence-corrected chi connectivity index (χ2v) is 5.07. The highest BCUT2D eigenvalue weighted by atomic mass is 32.5. The van der Waals surface area contributed by atoms with Crippen LogP contribution in [0.1, 0.15) is 19.8 Å². The molecule has 15 heavy (non-hydrogen) atoms. The number of hydrogen-bond acceptors (Lipinski definition) is 2. The molecule has 0 aromatic carbocycles. The molecule has 0 atom stereocenters. The first kappa shape index (κ1) is 14.2. The summed E-state index contributed by atoms with van der Waals surface area (Å²) in [5.41, 5.74) is 0. The van der Waals surface area contributed by atoms with Crippen LogP contribution in [0.15, 0.2) is 11.5 Å². The Labute approximate surface area is 83.8 Å². The number of hydrogen-bond donors (Lipinski definition) is 0. The van der Waals surface area contributed by atoms with Gasteiger partial charge in [0.25, 0.3) is 0 Å². The van der Waals surface area contributed by atoms with E-state index in [4.69, 9.17) is 0 Å². The van der Waals surface area contributed by atoms with Crippen LogP contribution in [-0.4, -0.2) is 12.6 Å². The largest absolute Gasteiger partial charge is 0.466 e. The van der Waals surface area contributed by atoms with E-state index in [0.29, 0.717) is 0 Å². The average molecular weight is 254 g/mol. The molecule has 0 heterocycles. The van der Waals surface area contributed by atoms with Crippen molar-refractivity contribution in [2.24, 2.45) is 0 Å². The fraction of sp³-hybridized carbons (Fsp3) is 0.571. The Bertz CT molecular complexity index is 267. The summed E-state index contributed by atoms with van der Waals surface area (Å²) in [6.45, 7) is 1.63. The summed E-state index contributed by atoms with van der Waals surface area (Å²) in [5.74, 6) is -0.718. The number of carbonyl (C=O) groups excluding carboxylic acids is 1. The van der Waals surface area contributed by atoms with E-state index in [1.807, 2.05) is 0 Å². The summed E-state index contributed by atoms with van der Waals surface area (Å²) in [7, 11) is -9.47. The second-order valence-electron chi connectivity index (χ2n) is 2.74. The summed E-state index contributed by atoms with van der Waals surface area (Å²) in [4.78, 5) is 10.6. The predicted octanol–water partition coefficient (Wildman–Crippen LogP) is 4.14. The first-order chi connectivity index (χ1) is 6.43. The summed E-state index contributed by atoms with van der Waals surface area (Å²) in [5, 5.41) is -1.06. The van der Waals surface area contributed by atoms with E-state index in [2.05, 4.69) is 4.74 Å². The van der Waals surface area contributed by atoms with Crippen molar-refractivity contribution in [3.8, 4) is 0 Å². The van der Waals surface area contributed by atoms with Crippen LogP contribution in [0, 0.1) is 0 Å². The van der Waals surface area contributed by atoms with Crippen LogP contribution in [0.3, 0.4) is 0 Å². The van der Waals surface area contributed by atoms with Gasteiger partial charge in [-0.15, -0.1) is 0 Å². The van der Waals surface area contributed by atoms with Crippen molar-refractivity contribution in [3.63, 3.8) is 0 Å². The van der Waals surface area contributed by atoms with Gasteiger partial charge in [-0.25, -0.2) is 0 Å². The van der Waals surface area contributed by atoms with Crippen molar-refractivity contribution in [1.29, 1.82) is 0 Å². The summed E-state index contributed by atoms with van der Waals surface area (Å²) in [6, 6.07) is 0. The first-order valence-electron chi connectivity index (χ1n) is 4.01. The molecule has 0 amide bonds. The first-order valence-corrected chi connectivity index (χ1v) is 6.02. The van der Waals surface area contributed by atoms with Crippen LogP contribution in [0.2, 0.25) is 0 Å². The molecule has 0 saturated carbocycles. The zero-order valence-electron chi connectivity index (χ0n) is 7.89. The lowest BCUT2D eigenvalue weighted by atomic mass is 10.3. The van der Waals surface area contributed by atoms with Gasteiger partial charge in [0.2, 0.25) is 0 Å². The second kappa shape index (κ2) is 3.66. The molecule has 0 fully saturated rings. The quantitative estimate of drug-likeness (QED) is 0.544. The third kappa shape index (κ3) is 11.1. The molecule has 2 nitrogen and oxygen atoms in total. The SMILES string of the molecule is CCOC(=O)CC/C=C/S(F)(F)(F)(F)F. The number of carbonyl (C=O) groups is 1. The number of esters is 1. The zero-order valence-corrected chi connectivity index (χ0v) is 8.71. The van der Waals surface area contributed by atoms with Crippen molar-refractivity contribution in [3.05, 3.63) is 11.5 Å². The molecule has 0 radical (unpaired) electrons. The highest BCUT2D eigenvalue weighted by Crippen LogP contribution is 2.98. The molecular formula is C7H11F5O2S. The molecule has 92 valence electrons. The minimum Gasteiger partial charge on any atom is -0.466 e. The Kier molecular flexibility index (Phi) is 3.46. The van der Waals surface area contributed by atoms with Gasteiger partial charge in [0, 0.05) is 6.42 Å². The van der Waals surface area contributed by atoms with Gasteiger partial charge < -0.3 is 4.74 Å². The van der Waals surface area contributed by atoms with Gasteiger partial charge in [-0.05, 0) is 13.3 Å². The van der Waals surface area contributed by atoms with Crippen LogP contribution in [0.4, 0.5) is 19.4 Å². The summed E-state index contributed by atoms with van der Waals surface area (Å²) >= 11 is 0. The molecule has 0 aliphatic rings. The van der Waals surface area contributed by atoms with Gasteiger partial charge in [0.05, 0.1) is 12.0 Å². The van der Waals surface area contributed by atoms with E-state index < -0.39 is 28.0 Å². The predicted molar refractivity (Wildman–Crippen MR) is 48.1 cm³/mol. The fourth-order valence-electron chi connectivity index (χ4n) is 0.684. The maximum absolute atomic E-state index is 11.7. The Morgan fingerprint density at radius 2 is 1.80 bits per heavy atom. The summed E-state index contributed by atoms with van der Waals surface area (Å²) < 4.78 is 62.8. The standard InChI is InChI=1S/C7H11F5O2S/c1-2-14-7(13)5-3-4-6-15(8,9,10,11)12/h4,6H,2-3,5H2,1H3/b6-4+. The molecular weight excluding hydrogens is 243 g/mol. The monoisotopic (exact) mass is 254 g/mol. The molecule has 0 aromatic rings. The molecule has 0 aliphatic carbocycles. The molecule has 0 spiro atoms. The van der Waals surface area contributed by atoms with Crippen LogP contribution < -0.4 is 0 Å². The lowest BCUT2D eigenvalue weighted by Crippen LogP contribution is -2.03. The number of ether oxygens (including phenoxy) is 1. The third-order valence-electron chi connectivity index (χ3n) is 1.17. The van der Waals surface area contributed by atoms with E-state index >= 15 is 0 Å². The molecule has 0 unspecified atom stereocenters. The van der Waals surface area contributed by atoms with Crippen molar-refractivity contribution in [1.82, 2.24) is 0 Å². The van der Waals surface area contributed by atoms with Crippen LogP contribution >= 0.6 is 10.2 Å². The number of allylic oxidation sites excluding steroid dienone is 1. The van der Waals surface area contributed by atoms with Gasteiger partial charge in [-0.3, -0.25) is 4.79 Å². The van der Waals surface area contributed by atoms with Crippen LogP contribution in [0.5, 0.6) is 0 Å². The smallest absolute Gasteiger partial charge is 0.306 e. The molecule has 0 N–H and O–H groups in total. The molecule has 0 aromatic heterocycles. The third-order valence-corrected chi connectivity index (χ3v) is 1.88. The van der Waals surface area contributed by atoms with Crippen LogP contribution in [0.25, 0.3) is 0 Å². The topological polar surface area (TPSA) is 26.3 Å². The maximum atomic E-state index is 11.7. The van der Waals surface area contributed by atoms with Gasteiger partial charge in [0.1, 0.15) is 0 Å². The minimum atomic E-state index is -9.47. The van der Waals surface area contributed by atoms with E-state index in [1.165, 1.54) is 6.92 Å². The molecule has 8 heteroatoms. The van der Waals surface area contributed by atoms with Crippen molar-refractivity contribution in [2.75, 3.05) is 6.61 Å². The van der Waals surface area contributed by atoms with Gasteiger partial charge in [-0.1, -0.05) is 25.5 Å². The lowest BCUT2D eigenvalue weighted by Gasteiger charge is -2.36. The minimum absolute atomic E-state index is 0.101. The maximum Gasteiger partial charge on any atom is 0.306 e. The number of rotatable bonds is 5. The Morgan fingerprint density at radius 3 is 2.20 bits per heavy atom. The lowest BCUT2D eigenvalue weighted by molar-refractivity contribution is -0.143. The Morgan fingerprint density at radius 1 is 1.27 bits per heavy atom. The molecule has 0 bridgehead atoms. The highest BCUT2D eigenvalue weighted by molar-refractivity contribution is 8.48. The molecule has 0 rings (SSSR count). The van der Waals surface area contributed by atoms with Crippen LogP contribution in [-0.2, 0) is 9.53 Å². The number of halogens is 5. The van der Waals surface area contributed by atoms with Gasteiger partial charge >= 0.3 is 16.2 Å². The van der Waals surface area contributed by atoms with E-state index in [9.17, 15) is 24.2 Å². The van der Waals surface area contributed by atoms with Crippen molar-refractivity contribution < 1.29 is 29.0 Å². The molecule has 0 saturated heterocycles. The van der Waals surface area contributed by atoms with E-state index in [0.717, 1.165) is 0 Å². The van der Waals surface area contributed by atoms with Crippen molar-refractivity contribution >= 4 is 16.2 Å².